The van der Waals surface area contributed by atoms with Gasteiger partial charge >= 0.3 is 5.97 Å². The fraction of sp³-hybridized carbons (Fsp3) is 0.500. The molecule has 1 saturated heterocycles. The highest BCUT2D eigenvalue weighted by atomic mass is 16.7. The molecule has 9 heteroatoms. The highest BCUT2D eigenvalue weighted by molar-refractivity contribution is 5.73. The Kier molecular flexibility index (Phi) is 3.87. The van der Waals surface area contributed by atoms with Gasteiger partial charge in [0.15, 0.2) is 17.6 Å². The lowest BCUT2D eigenvalue weighted by molar-refractivity contribution is -0.271. The molecule has 0 amide bonds. The van der Waals surface area contributed by atoms with Crippen molar-refractivity contribution in [1.82, 2.24) is 0 Å². The van der Waals surface area contributed by atoms with E-state index in [1.807, 2.05) is 0 Å². The number of hydrogen-bond acceptors (Lipinski definition) is 8. The fourth-order valence-corrected chi connectivity index (χ4v) is 2.05. The molecule has 2 rings (SSSR count). The maximum Gasteiger partial charge on any atom is 0.335 e. The first kappa shape index (κ1) is 12.5. The van der Waals surface area contributed by atoms with Gasteiger partial charge in [-0.05, 0) is 30.6 Å². The van der Waals surface area contributed by atoms with Gasteiger partial charge < -0.3 is 40.7 Å². The lowest BCUT2D eigenvalue weighted by Gasteiger charge is -2.38. The van der Waals surface area contributed by atoms with Crippen LogP contribution in [0, 0.1) is 0 Å². The molecular formula is C14H19NO8. The number of ether oxygens (including phenoxy) is 2. The van der Waals surface area contributed by atoms with E-state index in [2.05, 4.69) is 0 Å². The van der Waals surface area contributed by atoms with Gasteiger partial charge in [0.05, 0.1) is 0 Å². The van der Waals surface area contributed by atoms with Crippen LogP contribution >= 0.6 is 0 Å². The topological polar surface area (TPSA) is 163 Å². The van der Waals surface area contributed by atoms with Crippen LogP contribution in [0.1, 0.15) is 11.0 Å². The van der Waals surface area contributed by atoms with Crippen molar-refractivity contribution in [1.29, 1.82) is 0 Å². The minimum Gasteiger partial charge on any atom is -0.504 e. The second-order valence-electron chi connectivity index (χ2n) is 4.80. The van der Waals surface area contributed by atoms with Crippen LogP contribution in [-0.2, 0) is 15.9 Å². The summed E-state index contributed by atoms with van der Waals surface area (Å²) >= 11 is 0. The molecule has 0 radical (unpaired) electrons. The first-order valence-electron chi connectivity index (χ1n) is 8.49. The molecule has 0 spiro atoms. The molecule has 1 aliphatic rings. The first-order valence-corrected chi connectivity index (χ1v) is 6.49. The minimum absolute atomic E-state index is 0.302. The zero-order valence-electron chi connectivity index (χ0n) is 15.7. The van der Waals surface area contributed by atoms with Gasteiger partial charge in [-0.15, -0.1) is 0 Å². The Bertz CT molecular complexity index is 713. The number of phenolic OH excluding ortho intramolecular Hbond substituents is 1. The molecule has 0 unspecified atom stereocenters. The number of aliphatic hydroxyl groups excluding tert-OH is 3. The second-order valence-corrected chi connectivity index (χ2v) is 4.80. The number of carboxylic acids is 1. The maximum atomic E-state index is 11.1. The quantitative estimate of drug-likeness (QED) is 0.363. The highest BCUT2D eigenvalue weighted by Gasteiger charge is 2.48. The molecule has 1 fully saturated rings. The SMILES string of the molecule is [2H]C([2H])(N)C([2H])([2H])c1ccc(O[C@@H]2O[C@H](C(=O)O)[C@@H](O)[C@H](O)[C@H]2O)c(O)c1. The molecule has 128 valence electrons. The molecule has 0 aromatic heterocycles. The van der Waals surface area contributed by atoms with Crippen molar-refractivity contribution in [2.75, 3.05) is 6.50 Å². The normalized spacial score (nSPS) is 34.7. The number of benzene rings is 1. The van der Waals surface area contributed by atoms with Crippen LogP contribution in [0.15, 0.2) is 18.2 Å². The number of aryl methyl sites for hydroxylation is 1. The Morgan fingerprint density at radius 2 is 2.00 bits per heavy atom. The van der Waals surface area contributed by atoms with Crippen LogP contribution in [0.25, 0.3) is 0 Å². The summed E-state index contributed by atoms with van der Waals surface area (Å²) in [6.45, 7) is -2.75. The molecule has 7 N–H and O–H groups in total. The highest BCUT2D eigenvalue weighted by Crippen LogP contribution is 2.31. The van der Waals surface area contributed by atoms with E-state index in [0.717, 1.165) is 18.2 Å². The zero-order valence-corrected chi connectivity index (χ0v) is 11.7. The van der Waals surface area contributed by atoms with Crippen LogP contribution in [0.4, 0.5) is 0 Å². The Hall–Kier alpha value is -1.91. The first-order chi connectivity index (χ1) is 12.3. The predicted octanol–water partition coefficient (Wildman–Crippen LogP) is -1.84. The van der Waals surface area contributed by atoms with E-state index >= 15 is 0 Å². The third-order valence-corrected chi connectivity index (χ3v) is 3.23. The third-order valence-electron chi connectivity index (χ3n) is 3.23. The summed E-state index contributed by atoms with van der Waals surface area (Å²) in [6, 6.07) is 2.93. The van der Waals surface area contributed by atoms with Crippen LogP contribution in [0.2, 0.25) is 0 Å². The summed E-state index contributed by atoms with van der Waals surface area (Å²) in [5.74, 6) is -2.66. The van der Waals surface area contributed by atoms with Crippen molar-refractivity contribution in [3.63, 3.8) is 0 Å². The van der Waals surface area contributed by atoms with Gasteiger partial charge in [0.1, 0.15) is 18.3 Å². The number of aromatic hydroxyl groups is 1. The van der Waals surface area contributed by atoms with E-state index in [0.29, 0.717) is 0 Å². The Balaban J connectivity index is 2.26. The number of aliphatic hydroxyl groups is 3. The number of carbonyl (C=O) groups is 1. The molecule has 5 atom stereocenters. The van der Waals surface area contributed by atoms with Gasteiger partial charge in [-0.25, -0.2) is 4.79 Å². The summed E-state index contributed by atoms with van der Waals surface area (Å²) in [7, 11) is 0. The molecule has 1 aliphatic heterocycles. The monoisotopic (exact) mass is 333 g/mol. The molecule has 9 nitrogen and oxygen atoms in total. The summed E-state index contributed by atoms with van der Waals surface area (Å²) in [5.41, 5.74) is 4.86. The summed E-state index contributed by atoms with van der Waals surface area (Å²) in [4.78, 5) is 11.1. The van der Waals surface area contributed by atoms with Crippen LogP contribution < -0.4 is 10.5 Å². The standard InChI is InChI=1S/C14H19NO8/c15-4-3-6-1-2-8(7(16)5-6)22-14-11(19)9(17)10(18)12(23-14)13(20)21/h1-2,5,9-12,14,16-19H,3-4,15H2,(H,20,21)/t9-,10-,11+,12-,14+/m0/s1/i3D2,4D2. The fourth-order valence-electron chi connectivity index (χ4n) is 2.05. The zero-order chi connectivity index (χ0) is 20.7. The van der Waals surface area contributed by atoms with Crippen molar-refractivity contribution in [3.8, 4) is 11.5 Å². The summed E-state index contributed by atoms with van der Waals surface area (Å²) in [5, 5.41) is 48.2. The largest absolute Gasteiger partial charge is 0.504 e. The van der Waals surface area contributed by atoms with Gasteiger partial charge in [0.25, 0.3) is 0 Å². The molecule has 0 bridgehead atoms. The molecule has 1 heterocycles. The molecule has 23 heavy (non-hydrogen) atoms. The van der Waals surface area contributed by atoms with Crippen molar-refractivity contribution < 1.29 is 45.3 Å². The van der Waals surface area contributed by atoms with E-state index in [-0.39, 0.29) is 11.3 Å². The van der Waals surface area contributed by atoms with E-state index in [4.69, 9.17) is 25.8 Å². The van der Waals surface area contributed by atoms with Crippen molar-refractivity contribution >= 4 is 5.97 Å². The summed E-state index contributed by atoms with van der Waals surface area (Å²) in [6.07, 6.45) is -12.0. The van der Waals surface area contributed by atoms with Gasteiger partial charge in [0, 0.05) is 5.48 Å². The van der Waals surface area contributed by atoms with Gasteiger partial charge in [-0.1, -0.05) is 6.07 Å². The van der Waals surface area contributed by atoms with Crippen molar-refractivity contribution in [3.05, 3.63) is 23.8 Å². The van der Waals surface area contributed by atoms with Crippen LogP contribution in [-0.4, -0.2) is 68.7 Å². The van der Waals surface area contributed by atoms with Gasteiger partial charge in [-0.2, -0.15) is 0 Å². The van der Waals surface area contributed by atoms with Crippen LogP contribution in [0.3, 0.4) is 0 Å². The number of aliphatic carboxylic acids is 1. The van der Waals surface area contributed by atoms with Crippen molar-refractivity contribution in [2.45, 2.75) is 37.1 Å². The molecule has 0 saturated carbocycles. The number of rotatable bonds is 5. The number of phenols is 1. The van der Waals surface area contributed by atoms with Gasteiger partial charge in [-0.3, -0.25) is 0 Å². The Labute approximate surface area is 137 Å². The molecular weight excluding hydrogens is 310 g/mol. The Morgan fingerprint density at radius 3 is 2.57 bits per heavy atom. The Morgan fingerprint density at radius 1 is 1.30 bits per heavy atom. The van der Waals surface area contributed by atoms with E-state index in [1.54, 1.807) is 0 Å². The van der Waals surface area contributed by atoms with Crippen LogP contribution in [0.5, 0.6) is 11.5 Å². The minimum atomic E-state index is -2.75. The lowest BCUT2D eigenvalue weighted by atomic mass is 9.99. The average molecular weight is 333 g/mol. The smallest absolute Gasteiger partial charge is 0.335 e. The number of hydrogen-bond donors (Lipinski definition) is 6. The third kappa shape index (κ3) is 3.71. The number of nitrogens with two attached hydrogens (primary N) is 1. The van der Waals surface area contributed by atoms with E-state index in [1.165, 1.54) is 0 Å². The van der Waals surface area contributed by atoms with E-state index < -0.39 is 55.3 Å². The maximum absolute atomic E-state index is 11.1. The average Bonchev–Trinajstić information content (AvgIpc) is 2.55. The summed E-state index contributed by atoms with van der Waals surface area (Å²) < 4.78 is 40.1. The molecule has 1 aromatic rings. The molecule has 1 aromatic carbocycles. The lowest BCUT2D eigenvalue weighted by Crippen LogP contribution is -2.61. The predicted molar refractivity (Wildman–Crippen MR) is 75.8 cm³/mol. The number of carboxylic acid groups (broad SMARTS) is 1. The van der Waals surface area contributed by atoms with Crippen molar-refractivity contribution in [2.24, 2.45) is 5.73 Å². The second kappa shape index (κ2) is 7.11. The molecule has 0 aliphatic carbocycles. The van der Waals surface area contributed by atoms with E-state index in [9.17, 15) is 25.2 Å². The van der Waals surface area contributed by atoms with Gasteiger partial charge in [0.2, 0.25) is 6.29 Å².